The molecule has 0 aromatic rings. The summed E-state index contributed by atoms with van der Waals surface area (Å²) in [6, 6.07) is 0. The summed E-state index contributed by atoms with van der Waals surface area (Å²) in [6.45, 7) is 0. The molecule has 0 aliphatic rings. The molecule has 8 heteroatoms. The average Bonchev–Trinajstić information content (AvgIpc) is 1.59. The first-order valence-electron chi connectivity index (χ1n) is 2.15. The fourth-order valence-electron chi connectivity index (χ4n) is 0.317. The van der Waals surface area contributed by atoms with E-state index >= 15 is 0 Å². The van der Waals surface area contributed by atoms with Crippen molar-refractivity contribution in [2.45, 2.75) is 0 Å². The van der Waals surface area contributed by atoms with Crippen LogP contribution in [-0.2, 0) is 14.4 Å². The Balaban J connectivity index is -0.0000000675. The number of rotatable bonds is 3. The molecule has 60 valence electrons. The number of hydrogen-bond acceptors (Lipinski definition) is 3. The van der Waals surface area contributed by atoms with Gasteiger partial charge < -0.3 is 18.2 Å². The zero-order valence-electron chi connectivity index (χ0n) is 8.64. The van der Waals surface area contributed by atoms with Crippen LogP contribution >= 0.6 is 0 Å². The van der Waals surface area contributed by atoms with Gasteiger partial charge in [0.2, 0.25) is 5.92 Å². The third-order valence-electron chi connectivity index (χ3n) is 0.741. The summed E-state index contributed by atoms with van der Waals surface area (Å²) in [6.07, 6.45) is 0. The van der Waals surface area contributed by atoms with Gasteiger partial charge in [-0.25, -0.2) is 0 Å². The maximum absolute atomic E-state index is 9.82. The van der Waals surface area contributed by atoms with E-state index in [1.54, 1.807) is 0 Å². The molecule has 0 spiro atoms. The van der Waals surface area contributed by atoms with Crippen LogP contribution in [0.15, 0.2) is 0 Å². The molecule has 0 radical (unpaired) electrons. The zero-order chi connectivity index (χ0) is 8.31. The van der Waals surface area contributed by atoms with Crippen LogP contribution in [0.5, 0.6) is 0 Å². The first-order chi connectivity index (χ1) is 4.46. The molecule has 6 nitrogen and oxygen atoms in total. The van der Waals surface area contributed by atoms with Crippen LogP contribution in [0.4, 0.5) is 0 Å². The Morgan fingerprint density at radius 2 is 1.00 bits per heavy atom. The number of carboxylic acid groups (broad SMARTS) is 3. The molecule has 0 rings (SSSR count). The molecule has 0 aliphatic carbocycles. The van der Waals surface area contributed by atoms with E-state index in [-0.39, 0.29) is 62.0 Å². The van der Waals surface area contributed by atoms with E-state index in [0.717, 1.165) is 0 Å². The molecule has 0 unspecified atom stereocenters. The first kappa shape index (κ1) is 18.2. The van der Waals surface area contributed by atoms with Gasteiger partial charge in [-0.2, -0.15) is 0 Å². The van der Waals surface area contributed by atoms with Crippen LogP contribution in [0, 0.1) is 5.92 Å². The molecule has 0 fully saturated rings. The van der Waals surface area contributed by atoms with Gasteiger partial charge >= 0.3 is 77.0 Å². The summed E-state index contributed by atoms with van der Waals surface area (Å²) < 4.78 is 0. The summed E-state index contributed by atoms with van der Waals surface area (Å²) in [5.41, 5.74) is 0. The molecule has 12 heavy (non-hydrogen) atoms. The normalized spacial score (nSPS) is 7.75. The number of carboxylic acids is 3. The van der Waals surface area contributed by atoms with E-state index in [0.29, 0.717) is 0 Å². The van der Waals surface area contributed by atoms with Crippen molar-refractivity contribution in [3.63, 3.8) is 0 Å². The first-order valence-corrected chi connectivity index (χ1v) is 2.15. The predicted octanol–water partition coefficient (Wildman–Crippen LogP) is -6.91. The minimum Gasteiger partial charge on any atom is -1.00 e. The number of carbonyl (C=O) groups is 3. The summed E-state index contributed by atoms with van der Waals surface area (Å²) >= 11 is 0. The van der Waals surface area contributed by atoms with Crippen LogP contribution in [0.3, 0.4) is 0 Å². The quantitative estimate of drug-likeness (QED) is 0.305. The van der Waals surface area contributed by atoms with E-state index in [2.05, 4.69) is 0 Å². The second-order valence-electron chi connectivity index (χ2n) is 1.45. The minimum atomic E-state index is -2.36. The summed E-state index contributed by atoms with van der Waals surface area (Å²) in [5, 5.41) is 23.9. The molecule has 0 bridgehead atoms. The SMILES string of the molecule is O=C(O)C(C(=O)O)C(=O)O.[H-].[H-].[Na+].[Na+]. The van der Waals surface area contributed by atoms with Crippen molar-refractivity contribution in [3.05, 3.63) is 0 Å². The van der Waals surface area contributed by atoms with E-state index < -0.39 is 23.8 Å². The summed E-state index contributed by atoms with van der Waals surface area (Å²) in [7, 11) is 0. The molecule has 0 atom stereocenters. The van der Waals surface area contributed by atoms with Crippen molar-refractivity contribution >= 4 is 17.9 Å². The molecule has 0 saturated heterocycles. The molecule has 0 saturated carbocycles. The molecule has 3 N–H and O–H groups in total. The van der Waals surface area contributed by atoms with Gasteiger partial charge in [0.05, 0.1) is 0 Å². The van der Waals surface area contributed by atoms with Gasteiger partial charge in [-0.15, -0.1) is 0 Å². The second kappa shape index (κ2) is 8.03. The van der Waals surface area contributed by atoms with Crippen molar-refractivity contribution in [2.24, 2.45) is 5.92 Å². The third kappa shape index (κ3) is 5.99. The van der Waals surface area contributed by atoms with Crippen molar-refractivity contribution in [1.29, 1.82) is 0 Å². The van der Waals surface area contributed by atoms with E-state index in [1.807, 2.05) is 0 Å². The Morgan fingerprint density at radius 1 is 0.833 bits per heavy atom. The van der Waals surface area contributed by atoms with Gasteiger partial charge in [-0.05, 0) is 0 Å². The molecule has 0 aliphatic heterocycles. The topological polar surface area (TPSA) is 112 Å². The van der Waals surface area contributed by atoms with Crippen molar-refractivity contribution in [3.8, 4) is 0 Å². The number of hydrogen-bond donors (Lipinski definition) is 3. The maximum Gasteiger partial charge on any atom is 1.00 e. The van der Waals surface area contributed by atoms with E-state index in [1.165, 1.54) is 0 Å². The molecular formula is C4H6Na2O6. The van der Waals surface area contributed by atoms with Crippen molar-refractivity contribution < 1.29 is 91.7 Å². The van der Waals surface area contributed by atoms with Gasteiger partial charge in [0.15, 0.2) is 0 Å². The van der Waals surface area contributed by atoms with E-state index in [4.69, 9.17) is 15.3 Å². The summed E-state index contributed by atoms with van der Waals surface area (Å²) in [5.74, 6) is -7.99. The predicted molar refractivity (Wildman–Crippen MR) is 28.6 cm³/mol. The maximum atomic E-state index is 9.82. The molecule has 0 aromatic carbocycles. The Bertz CT molecular complexity index is 165. The van der Waals surface area contributed by atoms with Gasteiger partial charge in [-0.3, -0.25) is 14.4 Å². The molecule has 0 aromatic heterocycles. The van der Waals surface area contributed by atoms with Gasteiger partial charge in [-0.1, -0.05) is 0 Å². The van der Waals surface area contributed by atoms with Crippen LogP contribution in [0.25, 0.3) is 0 Å². The van der Waals surface area contributed by atoms with Gasteiger partial charge in [0, 0.05) is 0 Å². The van der Waals surface area contributed by atoms with Crippen LogP contribution in [0.1, 0.15) is 2.85 Å². The van der Waals surface area contributed by atoms with Crippen LogP contribution in [0.2, 0.25) is 0 Å². The Morgan fingerprint density at radius 3 is 1.00 bits per heavy atom. The molecular weight excluding hydrogens is 190 g/mol. The monoisotopic (exact) mass is 196 g/mol. The van der Waals surface area contributed by atoms with Gasteiger partial charge in [0.25, 0.3) is 0 Å². The fourth-order valence-corrected chi connectivity index (χ4v) is 0.317. The molecule has 0 amide bonds. The second-order valence-corrected chi connectivity index (χ2v) is 1.45. The fraction of sp³-hybridized carbons (Fsp3) is 0.250. The van der Waals surface area contributed by atoms with Crippen molar-refractivity contribution in [1.82, 2.24) is 0 Å². The largest absolute Gasteiger partial charge is 1.00 e. The van der Waals surface area contributed by atoms with E-state index in [9.17, 15) is 14.4 Å². The van der Waals surface area contributed by atoms with Crippen LogP contribution < -0.4 is 59.1 Å². The summed E-state index contributed by atoms with van der Waals surface area (Å²) in [4.78, 5) is 29.5. The standard InChI is InChI=1S/C4H4O6.2Na.2H/c5-2(6)1(3(7)8)4(9)10;;;;/h1H,(H,5,6)(H,7,8)(H,9,10);;;;/q;2*+1;2*-1. The van der Waals surface area contributed by atoms with Crippen LogP contribution in [-0.4, -0.2) is 33.2 Å². The van der Waals surface area contributed by atoms with Crippen molar-refractivity contribution in [2.75, 3.05) is 0 Å². The Kier molecular flexibility index (Phi) is 12.2. The Labute approximate surface area is 114 Å². The average molecular weight is 196 g/mol. The third-order valence-corrected chi connectivity index (χ3v) is 0.741. The smallest absolute Gasteiger partial charge is 1.00 e. The Hall–Kier alpha value is 0.410. The zero-order valence-corrected chi connectivity index (χ0v) is 10.6. The number of aliphatic carboxylic acids is 3. The minimum absolute atomic E-state index is 0. The molecule has 0 heterocycles. The van der Waals surface area contributed by atoms with Gasteiger partial charge in [0.1, 0.15) is 0 Å².